The van der Waals surface area contributed by atoms with Gasteiger partial charge in [0.2, 0.25) is 5.91 Å². The van der Waals surface area contributed by atoms with E-state index in [1.165, 1.54) is 23.3 Å². The Balaban J connectivity index is 1.92. The SMILES string of the molecule is Cc1nsc(SCC(=O)Nc2cc(N)ccc2Cl)n1. The second-order valence-electron chi connectivity index (χ2n) is 3.68. The molecule has 3 N–H and O–H groups in total. The van der Waals surface area contributed by atoms with Crippen molar-refractivity contribution >= 4 is 52.2 Å². The number of amides is 1. The van der Waals surface area contributed by atoms with Crippen molar-refractivity contribution < 1.29 is 4.79 Å². The van der Waals surface area contributed by atoms with Crippen molar-refractivity contribution in [1.29, 1.82) is 0 Å². The zero-order chi connectivity index (χ0) is 13.8. The number of nitrogens with two attached hydrogens (primary N) is 1. The molecule has 5 nitrogen and oxygen atoms in total. The molecule has 0 bridgehead atoms. The molecule has 0 saturated carbocycles. The first-order chi connectivity index (χ1) is 9.04. The largest absolute Gasteiger partial charge is 0.399 e. The summed E-state index contributed by atoms with van der Waals surface area (Å²) in [5.41, 5.74) is 6.70. The van der Waals surface area contributed by atoms with Gasteiger partial charge in [0.05, 0.1) is 16.5 Å². The molecule has 8 heteroatoms. The van der Waals surface area contributed by atoms with E-state index >= 15 is 0 Å². The van der Waals surface area contributed by atoms with Gasteiger partial charge < -0.3 is 11.1 Å². The zero-order valence-electron chi connectivity index (χ0n) is 10.0. The highest BCUT2D eigenvalue weighted by Crippen LogP contribution is 2.25. The number of hydrogen-bond donors (Lipinski definition) is 2. The second kappa shape index (κ2) is 6.23. The molecule has 2 aromatic rings. The van der Waals surface area contributed by atoms with Gasteiger partial charge in [0.1, 0.15) is 5.82 Å². The van der Waals surface area contributed by atoms with Crippen LogP contribution in [-0.2, 0) is 4.79 Å². The van der Waals surface area contributed by atoms with Crippen LogP contribution in [0.25, 0.3) is 0 Å². The van der Waals surface area contributed by atoms with E-state index in [1.807, 2.05) is 6.92 Å². The van der Waals surface area contributed by atoms with E-state index in [2.05, 4.69) is 14.7 Å². The third kappa shape index (κ3) is 4.09. The number of rotatable bonds is 4. The van der Waals surface area contributed by atoms with Gasteiger partial charge in [-0.15, -0.1) is 0 Å². The van der Waals surface area contributed by atoms with Crippen molar-refractivity contribution in [3.63, 3.8) is 0 Å². The topological polar surface area (TPSA) is 80.9 Å². The lowest BCUT2D eigenvalue weighted by Gasteiger charge is -2.07. The van der Waals surface area contributed by atoms with Gasteiger partial charge in [0.25, 0.3) is 0 Å². The summed E-state index contributed by atoms with van der Waals surface area (Å²) in [6.45, 7) is 1.81. The number of nitrogens with zero attached hydrogens (tertiary/aromatic N) is 2. The number of aryl methyl sites for hydroxylation is 1. The van der Waals surface area contributed by atoms with Gasteiger partial charge in [-0.25, -0.2) is 4.98 Å². The summed E-state index contributed by atoms with van der Waals surface area (Å²) in [6.07, 6.45) is 0. The van der Waals surface area contributed by atoms with Crippen LogP contribution in [0.3, 0.4) is 0 Å². The van der Waals surface area contributed by atoms with Gasteiger partial charge in [0, 0.05) is 5.69 Å². The van der Waals surface area contributed by atoms with Crippen molar-refractivity contribution in [1.82, 2.24) is 9.36 Å². The Bertz CT molecular complexity index is 602. The Morgan fingerprint density at radius 3 is 3.05 bits per heavy atom. The summed E-state index contributed by atoms with van der Waals surface area (Å²) in [5, 5.41) is 3.17. The highest BCUT2D eigenvalue weighted by Gasteiger charge is 2.09. The molecule has 1 aromatic carbocycles. The highest BCUT2D eigenvalue weighted by atomic mass is 35.5. The molecule has 0 unspecified atom stereocenters. The number of carbonyl (C=O) groups is 1. The fraction of sp³-hybridized carbons (Fsp3) is 0.182. The zero-order valence-corrected chi connectivity index (χ0v) is 12.4. The minimum Gasteiger partial charge on any atom is -0.399 e. The van der Waals surface area contributed by atoms with Gasteiger partial charge in [0.15, 0.2) is 4.34 Å². The molecule has 1 amide bonds. The van der Waals surface area contributed by atoms with Crippen LogP contribution in [-0.4, -0.2) is 21.0 Å². The normalized spacial score (nSPS) is 10.4. The number of nitrogen functional groups attached to an aromatic ring is 1. The maximum absolute atomic E-state index is 11.8. The quantitative estimate of drug-likeness (QED) is 0.670. The number of benzene rings is 1. The number of halogens is 1. The predicted octanol–water partition coefficient (Wildman–Crippen LogP) is 2.81. The van der Waals surface area contributed by atoms with Crippen molar-refractivity contribution in [3.05, 3.63) is 29.0 Å². The van der Waals surface area contributed by atoms with E-state index in [-0.39, 0.29) is 11.7 Å². The molecule has 0 aliphatic heterocycles. The number of anilines is 2. The highest BCUT2D eigenvalue weighted by molar-refractivity contribution is 8.01. The standard InChI is InChI=1S/C11H11ClN4OS2/c1-6-14-11(19-16-6)18-5-10(17)15-9-4-7(13)2-3-8(9)12/h2-4H,5,13H2,1H3,(H,15,17). The number of carbonyl (C=O) groups excluding carboxylic acids is 1. The van der Waals surface area contributed by atoms with Crippen molar-refractivity contribution in [3.8, 4) is 0 Å². The fourth-order valence-corrected chi connectivity index (χ4v) is 2.90. The number of thioether (sulfide) groups is 1. The first-order valence-corrected chi connectivity index (χ1v) is 7.46. The van der Waals surface area contributed by atoms with Crippen LogP contribution in [0.2, 0.25) is 5.02 Å². The Morgan fingerprint density at radius 1 is 1.58 bits per heavy atom. The Labute approximate surface area is 123 Å². The molecule has 1 heterocycles. The lowest BCUT2D eigenvalue weighted by atomic mass is 10.3. The fourth-order valence-electron chi connectivity index (χ4n) is 1.29. The minimum atomic E-state index is -0.162. The number of aromatic nitrogens is 2. The molecule has 1 aromatic heterocycles. The smallest absolute Gasteiger partial charge is 0.234 e. The van der Waals surface area contributed by atoms with E-state index in [0.29, 0.717) is 22.2 Å². The molecular weight excluding hydrogens is 304 g/mol. The van der Waals surface area contributed by atoms with Gasteiger partial charge >= 0.3 is 0 Å². The maximum Gasteiger partial charge on any atom is 0.234 e. The van der Waals surface area contributed by atoms with E-state index in [9.17, 15) is 4.79 Å². The van der Waals surface area contributed by atoms with Crippen LogP contribution < -0.4 is 11.1 Å². The number of nitrogens with one attached hydrogen (secondary N) is 1. The molecule has 19 heavy (non-hydrogen) atoms. The minimum absolute atomic E-state index is 0.162. The lowest BCUT2D eigenvalue weighted by molar-refractivity contribution is -0.113. The van der Waals surface area contributed by atoms with Gasteiger partial charge in [-0.2, -0.15) is 4.37 Å². The Hall–Kier alpha value is -1.31. The summed E-state index contributed by atoms with van der Waals surface area (Å²) in [7, 11) is 0. The predicted molar refractivity (Wildman–Crippen MR) is 79.9 cm³/mol. The molecule has 0 atom stereocenters. The van der Waals surface area contributed by atoms with Crippen molar-refractivity contribution in [2.75, 3.05) is 16.8 Å². The maximum atomic E-state index is 11.8. The summed E-state index contributed by atoms with van der Waals surface area (Å²) in [4.78, 5) is 15.9. The van der Waals surface area contributed by atoms with E-state index in [4.69, 9.17) is 17.3 Å². The van der Waals surface area contributed by atoms with E-state index in [1.54, 1.807) is 18.2 Å². The Morgan fingerprint density at radius 2 is 2.37 bits per heavy atom. The van der Waals surface area contributed by atoms with E-state index in [0.717, 1.165) is 4.34 Å². The van der Waals surface area contributed by atoms with Crippen LogP contribution in [0.15, 0.2) is 22.5 Å². The molecule has 0 spiro atoms. The van der Waals surface area contributed by atoms with E-state index < -0.39 is 0 Å². The van der Waals surface area contributed by atoms with Crippen LogP contribution in [0.5, 0.6) is 0 Å². The average Bonchev–Trinajstić information content (AvgIpc) is 2.77. The van der Waals surface area contributed by atoms with Crippen LogP contribution in [0, 0.1) is 6.92 Å². The molecule has 0 aliphatic carbocycles. The van der Waals surface area contributed by atoms with Gasteiger partial charge in [-0.1, -0.05) is 23.4 Å². The summed E-state index contributed by atoms with van der Waals surface area (Å²) >= 11 is 8.58. The molecule has 2 rings (SSSR count). The molecule has 100 valence electrons. The van der Waals surface area contributed by atoms with Gasteiger partial charge in [-0.3, -0.25) is 4.79 Å². The summed E-state index contributed by atoms with van der Waals surface area (Å²) in [6, 6.07) is 4.95. The van der Waals surface area contributed by atoms with Crippen LogP contribution in [0.4, 0.5) is 11.4 Å². The Kier molecular flexibility index (Phi) is 4.62. The molecule has 0 fully saturated rings. The summed E-state index contributed by atoms with van der Waals surface area (Å²) < 4.78 is 4.81. The van der Waals surface area contributed by atoms with Crippen LogP contribution in [0.1, 0.15) is 5.82 Å². The molecule has 0 radical (unpaired) electrons. The van der Waals surface area contributed by atoms with Crippen LogP contribution >= 0.6 is 34.9 Å². The van der Waals surface area contributed by atoms with Gasteiger partial charge in [-0.05, 0) is 36.7 Å². The molecule has 0 aliphatic rings. The summed E-state index contributed by atoms with van der Waals surface area (Å²) in [5.74, 6) is 0.803. The first-order valence-electron chi connectivity index (χ1n) is 5.32. The average molecular weight is 315 g/mol. The lowest BCUT2D eigenvalue weighted by Crippen LogP contribution is -2.14. The molecule has 0 saturated heterocycles. The third-order valence-electron chi connectivity index (χ3n) is 2.10. The monoisotopic (exact) mass is 314 g/mol. The number of hydrogen-bond acceptors (Lipinski definition) is 6. The third-order valence-corrected chi connectivity index (χ3v) is 4.35. The first kappa shape index (κ1) is 14.1. The van der Waals surface area contributed by atoms with Crippen molar-refractivity contribution in [2.24, 2.45) is 0 Å². The van der Waals surface area contributed by atoms with Crippen molar-refractivity contribution in [2.45, 2.75) is 11.3 Å². The second-order valence-corrected chi connectivity index (χ2v) is 6.07. The molecular formula is C11H11ClN4OS2.